The first-order valence-corrected chi connectivity index (χ1v) is 11.9. The van der Waals surface area contributed by atoms with Gasteiger partial charge in [0.2, 0.25) is 0 Å². The van der Waals surface area contributed by atoms with Gasteiger partial charge in [-0.1, -0.05) is 37.7 Å². The Hall–Kier alpha value is -2.65. The number of methoxy groups -OCH3 is 1. The van der Waals surface area contributed by atoms with E-state index in [1.54, 1.807) is 12.4 Å². The van der Waals surface area contributed by atoms with Crippen LogP contribution < -0.4 is 5.32 Å². The molecule has 2 aromatic rings. The smallest absolute Gasteiger partial charge is 0.350 e. The summed E-state index contributed by atoms with van der Waals surface area (Å²) in [5, 5.41) is 3.36. The Balaban J connectivity index is 1.96. The van der Waals surface area contributed by atoms with Gasteiger partial charge in [-0.2, -0.15) is 0 Å². The average molecular weight is 453 g/mol. The number of carbonyl (C=O) groups excluding carboxylic acids is 2. The van der Waals surface area contributed by atoms with Crippen LogP contribution in [0.25, 0.3) is 0 Å². The highest BCUT2D eigenvalue weighted by molar-refractivity contribution is 7.15. The van der Waals surface area contributed by atoms with E-state index in [0.717, 1.165) is 36.1 Å². The zero-order chi connectivity index (χ0) is 23.3. The quantitative estimate of drug-likeness (QED) is 0.438. The van der Waals surface area contributed by atoms with E-state index < -0.39 is 12.0 Å². The molecular formula is C26H32N2O3S. The van der Waals surface area contributed by atoms with Gasteiger partial charge < -0.3 is 10.1 Å². The van der Waals surface area contributed by atoms with Gasteiger partial charge in [-0.05, 0) is 51.7 Å². The number of anilines is 1. The number of pyridine rings is 1. The first-order valence-electron chi connectivity index (χ1n) is 11.1. The molecule has 0 aromatic carbocycles. The second kappa shape index (κ2) is 10.3. The number of ketones is 1. The van der Waals surface area contributed by atoms with Crippen LogP contribution >= 0.6 is 11.3 Å². The highest BCUT2D eigenvalue weighted by atomic mass is 32.1. The number of nitrogens with one attached hydrogen (secondary N) is 1. The Labute approximate surface area is 195 Å². The van der Waals surface area contributed by atoms with Gasteiger partial charge in [-0.3, -0.25) is 9.78 Å². The Morgan fingerprint density at radius 1 is 1.25 bits per heavy atom. The van der Waals surface area contributed by atoms with Gasteiger partial charge in [0.05, 0.1) is 17.7 Å². The monoisotopic (exact) mass is 452 g/mol. The number of aromatic nitrogens is 1. The van der Waals surface area contributed by atoms with E-state index in [9.17, 15) is 9.59 Å². The fourth-order valence-corrected chi connectivity index (χ4v) is 4.75. The van der Waals surface area contributed by atoms with Crippen LogP contribution in [-0.2, 0) is 9.53 Å². The number of ether oxygens (including phenoxy) is 1. The van der Waals surface area contributed by atoms with Crippen molar-refractivity contribution in [3.05, 3.63) is 45.9 Å². The largest absolute Gasteiger partial charge is 0.465 e. The predicted octanol–water partition coefficient (Wildman–Crippen LogP) is 5.88. The van der Waals surface area contributed by atoms with E-state index in [0.29, 0.717) is 16.5 Å². The lowest BCUT2D eigenvalue weighted by Gasteiger charge is -2.29. The molecule has 2 heterocycles. The number of carbonyl (C=O) groups is 2. The maximum absolute atomic E-state index is 13.6. The maximum Gasteiger partial charge on any atom is 0.350 e. The molecule has 1 saturated carbocycles. The lowest BCUT2D eigenvalue weighted by molar-refractivity contribution is -0.124. The fourth-order valence-electron chi connectivity index (χ4n) is 3.85. The van der Waals surface area contributed by atoms with Crippen LogP contribution in [0, 0.1) is 29.1 Å². The standard InChI is InChI=1S/C26H32N2O3S/c1-17-8-10-18(11-9-17)23(29)22(19-7-6-14-27-16-19)28-21-15-20(12-13-26(2,3)4)32-24(21)25(30)31-5/h6-7,14-18,22,28H,8-11H2,1-5H3/t17-,18-,22?. The summed E-state index contributed by atoms with van der Waals surface area (Å²) in [6.07, 6.45) is 7.33. The molecule has 1 N–H and O–H groups in total. The highest BCUT2D eigenvalue weighted by Crippen LogP contribution is 2.36. The second-order valence-electron chi connectivity index (χ2n) is 9.57. The molecule has 170 valence electrons. The molecule has 5 nitrogen and oxygen atoms in total. The van der Waals surface area contributed by atoms with Gasteiger partial charge in [0, 0.05) is 29.3 Å². The lowest BCUT2D eigenvalue weighted by Crippen LogP contribution is -2.30. The molecule has 3 rings (SSSR count). The number of Topliss-reactive ketones (excluding diaryl/α,β-unsaturated/α-hetero) is 1. The minimum atomic E-state index is -0.580. The first-order chi connectivity index (χ1) is 15.2. The number of hydrogen-bond acceptors (Lipinski definition) is 6. The van der Waals surface area contributed by atoms with Crippen molar-refractivity contribution < 1.29 is 14.3 Å². The first kappa shape index (κ1) is 24.0. The molecule has 6 heteroatoms. The van der Waals surface area contributed by atoms with Crippen LogP contribution in [0.3, 0.4) is 0 Å². The molecule has 1 aliphatic carbocycles. The van der Waals surface area contributed by atoms with Gasteiger partial charge in [0.1, 0.15) is 10.9 Å². The van der Waals surface area contributed by atoms with Crippen LogP contribution in [-0.4, -0.2) is 23.8 Å². The molecule has 1 fully saturated rings. The summed E-state index contributed by atoms with van der Waals surface area (Å²) in [5.74, 6) is 6.74. The van der Waals surface area contributed by atoms with Crippen molar-refractivity contribution in [3.63, 3.8) is 0 Å². The summed E-state index contributed by atoms with van der Waals surface area (Å²) >= 11 is 1.28. The van der Waals surface area contributed by atoms with Crippen molar-refractivity contribution in [1.29, 1.82) is 0 Å². The topological polar surface area (TPSA) is 68.3 Å². The number of hydrogen-bond donors (Lipinski definition) is 1. The second-order valence-corrected chi connectivity index (χ2v) is 10.6. The summed E-state index contributed by atoms with van der Waals surface area (Å²) < 4.78 is 5.00. The van der Waals surface area contributed by atoms with E-state index in [4.69, 9.17) is 4.74 Å². The molecule has 0 saturated heterocycles. The van der Waals surface area contributed by atoms with E-state index in [2.05, 4.69) is 29.1 Å². The molecule has 0 amide bonds. The van der Waals surface area contributed by atoms with Crippen LogP contribution in [0.1, 0.15) is 79.5 Å². The van der Waals surface area contributed by atoms with Crippen molar-refractivity contribution in [2.75, 3.05) is 12.4 Å². The van der Waals surface area contributed by atoms with E-state index in [1.807, 2.05) is 39.0 Å². The molecule has 2 aromatic heterocycles. The lowest BCUT2D eigenvalue weighted by atomic mass is 9.78. The molecule has 1 atom stereocenters. The molecular weight excluding hydrogens is 420 g/mol. The number of thiophene rings is 1. The van der Waals surface area contributed by atoms with Crippen molar-refractivity contribution in [2.24, 2.45) is 17.3 Å². The van der Waals surface area contributed by atoms with Crippen molar-refractivity contribution in [3.8, 4) is 11.8 Å². The molecule has 1 unspecified atom stereocenters. The summed E-state index contributed by atoms with van der Waals surface area (Å²) in [6, 6.07) is 4.99. The maximum atomic E-state index is 13.6. The summed E-state index contributed by atoms with van der Waals surface area (Å²) in [7, 11) is 1.36. The van der Waals surface area contributed by atoms with Crippen LogP contribution in [0.2, 0.25) is 0 Å². The van der Waals surface area contributed by atoms with E-state index in [-0.39, 0.29) is 17.1 Å². The third kappa shape index (κ3) is 6.20. The molecule has 1 aliphatic rings. The normalized spacial score (nSPS) is 19.4. The summed E-state index contributed by atoms with van der Waals surface area (Å²) in [6.45, 7) is 8.36. The highest BCUT2D eigenvalue weighted by Gasteiger charge is 2.32. The Morgan fingerprint density at radius 2 is 1.97 bits per heavy atom. The molecule has 0 radical (unpaired) electrons. The summed E-state index contributed by atoms with van der Waals surface area (Å²) in [5.41, 5.74) is 1.21. The Kier molecular flexibility index (Phi) is 7.73. The Morgan fingerprint density at radius 3 is 2.56 bits per heavy atom. The summed E-state index contributed by atoms with van der Waals surface area (Å²) in [4.78, 5) is 31.5. The van der Waals surface area contributed by atoms with Gasteiger partial charge in [0.25, 0.3) is 0 Å². The Bertz CT molecular complexity index is 1000. The minimum Gasteiger partial charge on any atom is -0.465 e. The fraction of sp³-hybridized carbons (Fsp3) is 0.500. The number of nitrogens with zero attached hydrogens (tertiary/aromatic N) is 1. The third-order valence-corrected chi connectivity index (χ3v) is 6.71. The zero-order valence-electron chi connectivity index (χ0n) is 19.5. The van der Waals surface area contributed by atoms with Crippen molar-refractivity contribution in [2.45, 2.75) is 59.4 Å². The van der Waals surface area contributed by atoms with Gasteiger partial charge in [0.15, 0.2) is 5.78 Å². The average Bonchev–Trinajstić information content (AvgIpc) is 3.18. The van der Waals surface area contributed by atoms with Crippen molar-refractivity contribution >= 4 is 28.8 Å². The predicted molar refractivity (Wildman–Crippen MR) is 129 cm³/mol. The molecule has 0 spiro atoms. The number of rotatable bonds is 6. The van der Waals surface area contributed by atoms with Crippen molar-refractivity contribution in [1.82, 2.24) is 4.98 Å². The van der Waals surface area contributed by atoms with Crippen LogP contribution in [0.15, 0.2) is 30.6 Å². The van der Waals surface area contributed by atoms with Gasteiger partial charge >= 0.3 is 5.97 Å². The zero-order valence-corrected chi connectivity index (χ0v) is 20.3. The molecule has 0 aliphatic heterocycles. The SMILES string of the molecule is COC(=O)c1sc(C#CC(C)(C)C)cc1NC(c1cccnc1)C(=O)[C@H]1CC[C@H](C)CC1. The van der Waals surface area contributed by atoms with Gasteiger partial charge in [-0.25, -0.2) is 4.79 Å². The van der Waals surface area contributed by atoms with Gasteiger partial charge in [-0.15, -0.1) is 11.3 Å². The minimum absolute atomic E-state index is 0.00395. The third-order valence-electron chi connectivity index (χ3n) is 5.68. The molecule has 0 bridgehead atoms. The van der Waals surface area contributed by atoms with Crippen LogP contribution in [0.4, 0.5) is 5.69 Å². The molecule has 32 heavy (non-hydrogen) atoms. The van der Waals surface area contributed by atoms with Crippen LogP contribution in [0.5, 0.6) is 0 Å². The van der Waals surface area contributed by atoms with E-state index in [1.165, 1.54) is 18.4 Å². The number of esters is 1. The van der Waals surface area contributed by atoms with E-state index >= 15 is 0 Å².